The number of rotatable bonds is 1. The highest BCUT2D eigenvalue weighted by Crippen LogP contribution is 2.29. The Balaban J connectivity index is 3.19. The van der Waals surface area contributed by atoms with Crippen LogP contribution in [0.3, 0.4) is 0 Å². The van der Waals surface area contributed by atoms with Gasteiger partial charge in [-0.2, -0.15) is 13.2 Å². The molecule has 2 nitrogen and oxygen atoms in total. The van der Waals surface area contributed by atoms with Gasteiger partial charge in [-0.15, -0.1) is 0 Å². The summed E-state index contributed by atoms with van der Waals surface area (Å²) in [6.07, 6.45) is -3.93. The Morgan fingerprint density at radius 2 is 1.93 bits per heavy atom. The van der Waals surface area contributed by atoms with Crippen LogP contribution in [0.1, 0.15) is 11.1 Å². The van der Waals surface area contributed by atoms with Crippen molar-refractivity contribution in [1.82, 2.24) is 0 Å². The van der Waals surface area contributed by atoms with Gasteiger partial charge in [-0.05, 0) is 18.2 Å². The first-order chi connectivity index (χ1) is 6.45. The molecular formula is C8H5F4NO. The topological polar surface area (TPSA) is 32.6 Å². The Hall–Kier alpha value is -1.59. The zero-order chi connectivity index (χ0) is 10.8. The molecule has 0 aliphatic carbocycles. The molecule has 0 aliphatic rings. The third kappa shape index (κ3) is 2.21. The standard InChI is InChI=1S/C8H5F4NO/c9-7-2-1-6(8(10,11)12)3-5(7)4-13-14/h1-4,14H/b13-4+. The Labute approximate surface area is 76.5 Å². The van der Waals surface area contributed by atoms with E-state index in [0.717, 1.165) is 0 Å². The predicted octanol–water partition coefficient (Wildman–Crippen LogP) is 2.65. The average molecular weight is 207 g/mol. The van der Waals surface area contributed by atoms with Crippen LogP contribution in [0.4, 0.5) is 17.6 Å². The maximum atomic E-state index is 12.8. The molecule has 14 heavy (non-hydrogen) atoms. The number of oxime groups is 1. The molecule has 0 amide bonds. The molecule has 1 aromatic rings. The van der Waals surface area contributed by atoms with Crippen LogP contribution in [-0.2, 0) is 6.18 Å². The monoisotopic (exact) mass is 207 g/mol. The molecule has 0 radical (unpaired) electrons. The Morgan fingerprint density at radius 1 is 1.29 bits per heavy atom. The number of hydrogen-bond donors (Lipinski definition) is 1. The molecule has 0 atom stereocenters. The first-order valence-corrected chi connectivity index (χ1v) is 3.49. The van der Waals surface area contributed by atoms with E-state index >= 15 is 0 Å². The lowest BCUT2D eigenvalue weighted by Crippen LogP contribution is -2.06. The number of benzene rings is 1. The Bertz CT molecular complexity index is 359. The van der Waals surface area contributed by atoms with E-state index < -0.39 is 23.1 Å². The van der Waals surface area contributed by atoms with Crippen LogP contribution < -0.4 is 0 Å². The second-order valence-corrected chi connectivity index (χ2v) is 2.48. The third-order valence-corrected chi connectivity index (χ3v) is 1.52. The summed E-state index contributed by atoms with van der Waals surface area (Å²) < 4.78 is 49.1. The molecule has 1 rings (SSSR count). The number of hydrogen-bond acceptors (Lipinski definition) is 2. The molecule has 0 saturated carbocycles. The molecule has 1 aromatic carbocycles. The van der Waals surface area contributed by atoms with Gasteiger partial charge in [0.05, 0.1) is 11.8 Å². The van der Waals surface area contributed by atoms with Crippen molar-refractivity contribution < 1.29 is 22.8 Å². The van der Waals surface area contributed by atoms with Crippen molar-refractivity contribution in [3.8, 4) is 0 Å². The minimum atomic E-state index is -4.54. The molecular weight excluding hydrogens is 202 g/mol. The highest BCUT2D eigenvalue weighted by molar-refractivity contribution is 5.79. The molecule has 6 heteroatoms. The van der Waals surface area contributed by atoms with Crippen molar-refractivity contribution in [3.05, 3.63) is 35.1 Å². The zero-order valence-corrected chi connectivity index (χ0v) is 6.72. The van der Waals surface area contributed by atoms with E-state index in [2.05, 4.69) is 5.16 Å². The van der Waals surface area contributed by atoms with Gasteiger partial charge in [0.15, 0.2) is 0 Å². The summed E-state index contributed by atoms with van der Waals surface area (Å²) in [5, 5.41) is 10.5. The van der Waals surface area contributed by atoms with Crippen LogP contribution in [0.2, 0.25) is 0 Å². The van der Waals surface area contributed by atoms with Gasteiger partial charge in [-0.3, -0.25) is 0 Å². The summed E-state index contributed by atoms with van der Waals surface area (Å²) in [6.45, 7) is 0. The summed E-state index contributed by atoms with van der Waals surface area (Å²) in [4.78, 5) is 0. The van der Waals surface area contributed by atoms with Gasteiger partial charge in [0, 0.05) is 5.56 Å². The summed E-state index contributed by atoms with van der Waals surface area (Å²) in [5.41, 5.74) is -1.41. The van der Waals surface area contributed by atoms with Crippen molar-refractivity contribution in [3.63, 3.8) is 0 Å². The van der Waals surface area contributed by atoms with Crippen LogP contribution in [0.15, 0.2) is 23.4 Å². The van der Waals surface area contributed by atoms with Crippen LogP contribution in [0.25, 0.3) is 0 Å². The first-order valence-electron chi connectivity index (χ1n) is 3.49. The summed E-state index contributed by atoms with van der Waals surface area (Å²) in [6, 6.07) is 1.85. The minimum Gasteiger partial charge on any atom is -0.411 e. The van der Waals surface area contributed by atoms with Gasteiger partial charge in [-0.25, -0.2) is 4.39 Å². The van der Waals surface area contributed by atoms with Gasteiger partial charge < -0.3 is 5.21 Å². The van der Waals surface area contributed by atoms with Gasteiger partial charge >= 0.3 is 6.18 Å². The third-order valence-electron chi connectivity index (χ3n) is 1.52. The molecule has 0 bridgehead atoms. The van der Waals surface area contributed by atoms with Crippen LogP contribution in [0, 0.1) is 5.82 Å². The largest absolute Gasteiger partial charge is 0.416 e. The van der Waals surface area contributed by atoms with Crippen molar-refractivity contribution in [2.75, 3.05) is 0 Å². The predicted molar refractivity (Wildman–Crippen MR) is 40.8 cm³/mol. The van der Waals surface area contributed by atoms with Gasteiger partial charge in [-0.1, -0.05) is 5.16 Å². The lowest BCUT2D eigenvalue weighted by molar-refractivity contribution is -0.137. The smallest absolute Gasteiger partial charge is 0.411 e. The summed E-state index contributed by atoms with van der Waals surface area (Å²) in [7, 11) is 0. The van der Waals surface area contributed by atoms with Crippen LogP contribution >= 0.6 is 0 Å². The number of nitrogens with zero attached hydrogens (tertiary/aromatic N) is 1. The maximum absolute atomic E-state index is 12.8. The van der Waals surface area contributed by atoms with Crippen molar-refractivity contribution >= 4 is 6.21 Å². The van der Waals surface area contributed by atoms with E-state index in [1.807, 2.05) is 0 Å². The van der Waals surface area contributed by atoms with Gasteiger partial charge in [0.1, 0.15) is 5.82 Å². The fraction of sp³-hybridized carbons (Fsp3) is 0.125. The summed E-state index contributed by atoms with van der Waals surface area (Å²) in [5.74, 6) is -0.879. The SMILES string of the molecule is O/N=C/c1cc(C(F)(F)F)ccc1F. The highest BCUT2D eigenvalue weighted by atomic mass is 19.4. The van der Waals surface area contributed by atoms with Crippen LogP contribution in [-0.4, -0.2) is 11.4 Å². The quantitative estimate of drug-likeness (QED) is 0.326. The maximum Gasteiger partial charge on any atom is 0.416 e. The molecule has 0 unspecified atom stereocenters. The van der Waals surface area contributed by atoms with E-state index in [4.69, 9.17) is 5.21 Å². The number of halogens is 4. The zero-order valence-electron chi connectivity index (χ0n) is 6.72. The molecule has 0 aromatic heterocycles. The van der Waals surface area contributed by atoms with E-state index in [0.29, 0.717) is 24.4 Å². The molecule has 0 aliphatic heterocycles. The van der Waals surface area contributed by atoms with Crippen LogP contribution in [0.5, 0.6) is 0 Å². The molecule has 76 valence electrons. The molecule has 1 N–H and O–H groups in total. The lowest BCUT2D eigenvalue weighted by Gasteiger charge is -2.06. The fourth-order valence-electron chi connectivity index (χ4n) is 0.881. The molecule has 0 heterocycles. The minimum absolute atomic E-state index is 0.415. The molecule has 0 saturated heterocycles. The van der Waals surface area contributed by atoms with E-state index in [-0.39, 0.29) is 0 Å². The second kappa shape index (κ2) is 3.65. The van der Waals surface area contributed by atoms with Crippen molar-refractivity contribution in [1.29, 1.82) is 0 Å². The molecule has 0 fully saturated rings. The van der Waals surface area contributed by atoms with E-state index in [1.165, 1.54) is 0 Å². The highest BCUT2D eigenvalue weighted by Gasteiger charge is 2.30. The van der Waals surface area contributed by atoms with Crippen molar-refractivity contribution in [2.45, 2.75) is 6.18 Å². The first kappa shape index (κ1) is 10.5. The van der Waals surface area contributed by atoms with Gasteiger partial charge in [0.25, 0.3) is 0 Å². The van der Waals surface area contributed by atoms with Gasteiger partial charge in [0.2, 0.25) is 0 Å². The van der Waals surface area contributed by atoms with E-state index in [1.54, 1.807) is 0 Å². The average Bonchev–Trinajstić information content (AvgIpc) is 2.07. The normalized spacial score (nSPS) is 12.3. The second-order valence-electron chi connectivity index (χ2n) is 2.48. The van der Waals surface area contributed by atoms with E-state index in [9.17, 15) is 17.6 Å². The Morgan fingerprint density at radius 3 is 2.43 bits per heavy atom. The lowest BCUT2D eigenvalue weighted by atomic mass is 10.1. The fourth-order valence-corrected chi connectivity index (χ4v) is 0.881. The molecule has 0 spiro atoms. The Kier molecular flexibility index (Phi) is 2.73. The number of alkyl halides is 3. The van der Waals surface area contributed by atoms with Crippen molar-refractivity contribution in [2.24, 2.45) is 5.16 Å². The summed E-state index contributed by atoms with van der Waals surface area (Å²) >= 11 is 0.